The molecule has 0 aliphatic carbocycles. The maximum absolute atomic E-state index is 11.9. The number of benzene rings is 2. The van der Waals surface area contributed by atoms with Crippen LogP contribution in [-0.4, -0.2) is 24.6 Å². The highest BCUT2D eigenvalue weighted by Crippen LogP contribution is 2.11. The highest BCUT2D eigenvalue weighted by molar-refractivity contribution is 6.35. The smallest absolute Gasteiger partial charge is 0.329 e. The number of hydrazone groups is 1. The largest absolute Gasteiger partial charge is 0.494 e. The maximum Gasteiger partial charge on any atom is 0.329 e. The van der Waals surface area contributed by atoms with Gasteiger partial charge in [-0.3, -0.25) is 9.59 Å². The summed E-state index contributed by atoms with van der Waals surface area (Å²) in [4.78, 5) is 23.7. The van der Waals surface area contributed by atoms with Crippen LogP contribution < -0.4 is 15.5 Å². The highest BCUT2D eigenvalue weighted by atomic mass is 16.5. The molecule has 2 aromatic rings. The number of nitrogens with zero attached hydrogens (tertiary/aromatic N) is 1. The van der Waals surface area contributed by atoms with Crippen LogP contribution in [0, 0.1) is 0 Å². The zero-order valence-electron chi connectivity index (χ0n) is 14.9. The normalized spacial score (nSPS) is 11.8. The molecule has 0 aliphatic rings. The Bertz CT molecular complexity index is 743. The summed E-state index contributed by atoms with van der Waals surface area (Å²) >= 11 is 0. The number of amides is 2. The number of nitrogens with one attached hydrogen (secondary N) is 2. The van der Waals surface area contributed by atoms with Gasteiger partial charge in [0, 0.05) is 0 Å². The van der Waals surface area contributed by atoms with Crippen LogP contribution in [0.3, 0.4) is 0 Å². The zero-order chi connectivity index (χ0) is 18.8. The molecule has 2 N–H and O–H groups in total. The van der Waals surface area contributed by atoms with E-state index in [1.807, 2.05) is 68.4 Å². The summed E-state index contributed by atoms with van der Waals surface area (Å²) in [6.45, 7) is 4.52. The molecule has 26 heavy (non-hydrogen) atoms. The Morgan fingerprint density at radius 1 is 1.08 bits per heavy atom. The molecule has 0 unspecified atom stereocenters. The lowest BCUT2D eigenvalue weighted by molar-refractivity contribution is -0.139. The van der Waals surface area contributed by atoms with Gasteiger partial charge in [-0.05, 0) is 48.7 Å². The predicted octanol–water partition coefficient (Wildman–Crippen LogP) is 2.80. The fourth-order valence-corrected chi connectivity index (χ4v) is 2.17. The minimum absolute atomic E-state index is 0.269. The Morgan fingerprint density at radius 3 is 2.42 bits per heavy atom. The van der Waals surface area contributed by atoms with Crippen molar-refractivity contribution in [2.24, 2.45) is 5.10 Å². The third kappa shape index (κ3) is 6.05. The molecule has 0 bridgehead atoms. The molecule has 0 spiro atoms. The van der Waals surface area contributed by atoms with Crippen molar-refractivity contribution < 1.29 is 14.3 Å². The van der Waals surface area contributed by atoms with Crippen LogP contribution in [0.4, 0.5) is 0 Å². The molecule has 0 aliphatic heterocycles. The minimum Gasteiger partial charge on any atom is -0.494 e. The number of rotatable bonds is 7. The standard InChI is InChI=1S/C20H23N3O3/c1-3-13-26-18-11-9-16(10-12-18)14-21-23-20(25)19(24)22-15(2)17-7-5-4-6-8-17/h4-12,14-15H,3,13H2,1-2H3,(H,22,24)(H,23,25)/b21-14-/t15-/m1/s1. The molecule has 1 atom stereocenters. The van der Waals surface area contributed by atoms with Crippen LogP contribution >= 0.6 is 0 Å². The average molecular weight is 353 g/mol. The van der Waals surface area contributed by atoms with Gasteiger partial charge in [0.05, 0.1) is 18.9 Å². The molecular weight excluding hydrogens is 330 g/mol. The van der Waals surface area contributed by atoms with Gasteiger partial charge in [0.25, 0.3) is 0 Å². The van der Waals surface area contributed by atoms with E-state index in [2.05, 4.69) is 15.8 Å². The molecule has 6 nitrogen and oxygen atoms in total. The van der Waals surface area contributed by atoms with Crippen LogP contribution in [0.15, 0.2) is 59.7 Å². The Balaban J connectivity index is 1.81. The highest BCUT2D eigenvalue weighted by Gasteiger charge is 2.16. The molecule has 136 valence electrons. The second kappa shape index (κ2) is 9.98. The summed E-state index contributed by atoms with van der Waals surface area (Å²) in [5, 5.41) is 6.44. The Labute approximate surface area is 153 Å². The second-order valence-corrected chi connectivity index (χ2v) is 5.72. The minimum atomic E-state index is -0.813. The Hall–Kier alpha value is -3.15. The van der Waals surface area contributed by atoms with Gasteiger partial charge >= 0.3 is 11.8 Å². The lowest BCUT2D eigenvalue weighted by Crippen LogP contribution is -2.39. The number of carbonyl (C=O) groups is 2. The van der Waals surface area contributed by atoms with Crippen LogP contribution in [0.2, 0.25) is 0 Å². The molecule has 2 rings (SSSR count). The summed E-state index contributed by atoms with van der Waals surface area (Å²) in [7, 11) is 0. The predicted molar refractivity (Wildman–Crippen MR) is 101 cm³/mol. The number of hydrogen-bond donors (Lipinski definition) is 2. The first-order chi connectivity index (χ1) is 12.6. The molecule has 0 aromatic heterocycles. The first kappa shape index (κ1) is 19.2. The molecule has 0 heterocycles. The van der Waals surface area contributed by atoms with Crippen molar-refractivity contribution in [1.29, 1.82) is 0 Å². The van der Waals surface area contributed by atoms with Gasteiger partial charge in [0.2, 0.25) is 0 Å². The molecule has 0 radical (unpaired) electrons. The third-order valence-electron chi connectivity index (χ3n) is 3.59. The van der Waals surface area contributed by atoms with Crippen LogP contribution in [0.5, 0.6) is 5.75 Å². The first-order valence-electron chi connectivity index (χ1n) is 8.52. The van der Waals surface area contributed by atoms with E-state index in [9.17, 15) is 9.59 Å². The van der Waals surface area contributed by atoms with E-state index in [0.29, 0.717) is 6.61 Å². The Kier molecular flexibility index (Phi) is 7.36. The topological polar surface area (TPSA) is 79.8 Å². The van der Waals surface area contributed by atoms with Crippen LogP contribution in [0.1, 0.15) is 37.4 Å². The molecule has 0 fully saturated rings. The summed E-state index contributed by atoms with van der Waals surface area (Å²) in [6.07, 6.45) is 2.41. The van der Waals surface area contributed by atoms with E-state index >= 15 is 0 Å². The molecular formula is C20H23N3O3. The van der Waals surface area contributed by atoms with Crippen LogP contribution in [-0.2, 0) is 9.59 Å². The molecule has 2 amide bonds. The van der Waals surface area contributed by atoms with Crippen molar-refractivity contribution in [2.45, 2.75) is 26.3 Å². The molecule has 2 aromatic carbocycles. The van der Waals surface area contributed by atoms with E-state index in [-0.39, 0.29) is 6.04 Å². The van der Waals surface area contributed by atoms with Gasteiger partial charge < -0.3 is 10.1 Å². The third-order valence-corrected chi connectivity index (χ3v) is 3.59. The van der Waals surface area contributed by atoms with Crippen molar-refractivity contribution in [1.82, 2.24) is 10.7 Å². The van der Waals surface area contributed by atoms with Gasteiger partial charge in [-0.15, -0.1) is 0 Å². The van der Waals surface area contributed by atoms with Gasteiger partial charge in [-0.1, -0.05) is 37.3 Å². The first-order valence-corrected chi connectivity index (χ1v) is 8.52. The second-order valence-electron chi connectivity index (χ2n) is 5.72. The van der Waals surface area contributed by atoms with Crippen molar-refractivity contribution in [3.05, 3.63) is 65.7 Å². The average Bonchev–Trinajstić information content (AvgIpc) is 2.67. The van der Waals surface area contributed by atoms with Crippen molar-refractivity contribution in [3.8, 4) is 5.75 Å². The fraction of sp³-hybridized carbons (Fsp3) is 0.250. The fourth-order valence-electron chi connectivity index (χ4n) is 2.17. The van der Waals surface area contributed by atoms with E-state index in [1.54, 1.807) is 0 Å². The number of hydrogen-bond acceptors (Lipinski definition) is 4. The van der Waals surface area contributed by atoms with Crippen molar-refractivity contribution in [3.63, 3.8) is 0 Å². The van der Waals surface area contributed by atoms with Crippen LogP contribution in [0.25, 0.3) is 0 Å². The SMILES string of the molecule is CCCOc1ccc(/C=N\NC(=O)C(=O)N[C@H](C)c2ccccc2)cc1. The van der Waals surface area contributed by atoms with Gasteiger partial charge in [-0.25, -0.2) is 5.43 Å². The lowest BCUT2D eigenvalue weighted by Gasteiger charge is -2.13. The van der Waals surface area contributed by atoms with Crippen molar-refractivity contribution >= 4 is 18.0 Å². The summed E-state index contributed by atoms with van der Waals surface area (Å²) in [6, 6.07) is 16.4. The van der Waals surface area contributed by atoms with Gasteiger partial charge in [0.1, 0.15) is 5.75 Å². The van der Waals surface area contributed by atoms with E-state index in [0.717, 1.165) is 23.3 Å². The quantitative estimate of drug-likeness (QED) is 0.456. The zero-order valence-corrected chi connectivity index (χ0v) is 14.9. The molecule has 0 saturated carbocycles. The van der Waals surface area contributed by atoms with E-state index in [1.165, 1.54) is 6.21 Å². The van der Waals surface area contributed by atoms with Gasteiger partial charge in [-0.2, -0.15) is 5.10 Å². The summed E-state index contributed by atoms with van der Waals surface area (Å²) in [5.74, 6) is -0.768. The molecule has 6 heteroatoms. The molecule has 0 saturated heterocycles. The maximum atomic E-state index is 11.9. The summed E-state index contributed by atoms with van der Waals surface area (Å²) < 4.78 is 5.49. The summed E-state index contributed by atoms with van der Waals surface area (Å²) in [5.41, 5.74) is 3.93. The van der Waals surface area contributed by atoms with E-state index in [4.69, 9.17) is 4.74 Å². The number of carbonyl (C=O) groups excluding carboxylic acids is 2. The number of ether oxygens (including phenoxy) is 1. The van der Waals surface area contributed by atoms with Gasteiger partial charge in [0.15, 0.2) is 0 Å². The Morgan fingerprint density at radius 2 is 1.77 bits per heavy atom. The van der Waals surface area contributed by atoms with E-state index < -0.39 is 11.8 Å². The monoisotopic (exact) mass is 353 g/mol. The van der Waals surface area contributed by atoms with Crippen molar-refractivity contribution in [2.75, 3.05) is 6.61 Å². The lowest BCUT2D eigenvalue weighted by atomic mass is 10.1.